The van der Waals surface area contributed by atoms with E-state index in [0.717, 1.165) is 33.2 Å². The van der Waals surface area contributed by atoms with Gasteiger partial charge >= 0.3 is 5.97 Å². The molecule has 0 amide bonds. The van der Waals surface area contributed by atoms with Crippen molar-refractivity contribution >= 4 is 16.9 Å². The number of fused-ring (bicyclic) bond motifs is 8. The number of benzene rings is 3. The topological polar surface area (TPSA) is 58.9 Å². The molecule has 6 nitrogen and oxygen atoms in total. The first-order chi connectivity index (χ1) is 17.0. The second kappa shape index (κ2) is 7.80. The van der Waals surface area contributed by atoms with Gasteiger partial charge in [-0.3, -0.25) is 0 Å². The fraction of sp³-hybridized carbons (Fsp3) is 0.276. The number of rotatable bonds is 5. The Morgan fingerprint density at radius 2 is 1.49 bits per heavy atom. The third-order valence-electron chi connectivity index (χ3n) is 6.83. The SMILES string of the molecule is CCOc1ccc2c(c1)Oc1cc(OCC)ccc1C21OC(=O)c2c1c1cc(C)ccc1n2CC. The standard InChI is InChI=1S/C29H27NO5/c1-5-30-23-13-8-17(4)14-20(23)26-27(30)28(31)35-29(26)21-11-9-18(32-6-2)15-24(21)34-25-16-19(33-7-3)10-12-22(25)29/h8-16H,5-7H2,1-4H3. The molecule has 2 aliphatic rings. The van der Waals surface area contributed by atoms with Gasteiger partial charge < -0.3 is 23.5 Å². The molecule has 1 spiro atoms. The maximum atomic E-state index is 13.6. The molecule has 0 N–H and O–H groups in total. The highest BCUT2D eigenvalue weighted by Crippen LogP contribution is 2.59. The number of aromatic nitrogens is 1. The van der Waals surface area contributed by atoms with Gasteiger partial charge in [0.1, 0.15) is 28.7 Å². The van der Waals surface area contributed by atoms with Crippen LogP contribution in [0.3, 0.4) is 0 Å². The Labute approximate surface area is 204 Å². The molecule has 0 saturated carbocycles. The largest absolute Gasteiger partial charge is 0.494 e. The van der Waals surface area contributed by atoms with Crippen LogP contribution in [0.15, 0.2) is 54.6 Å². The van der Waals surface area contributed by atoms with Gasteiger partial charge in [-0.25, -0.2) is 4.79 Å². The van der Waals surface area contributed by atoms with Gasteiger partial charge in [-0.2, -0.15) is 0 Å². The second-order valence-electron chi connectivity index (χ2n) is 8.84. The first kappa shape index (κ1) is 21.6. The molecule has 178 valence electrons. The van der Waals surface area contributed by atoms with Crippen molar-refractivity contribution in [2.45, 2.75) is 39.8 Å². The number of aryl methyl sites for hydroxylation is 2. The number of hydrogen-bond acceptors (Lipinski definition) is 5. The van der Waals surface area contributed by atoms with Gasteiger partial charge in [-0.15, -0.1) is 0 Å². The summed E-state index contributed by atoms with van der Waals surface area (Å²) >= 11 is 0. The predicted molar refractivity (Wildman–Crippen MR) is 133 cm³/mol. The maximum absolute atomic E-state index is 13.6. The van der Waals surface area contributed by atoms with Gasteiger partial charge in [0.25, 0.3) is 0 Å². The van der Waals surface area contributed by atoms with Crippen LogP contribution in [0.5, 0.6) is 23.0 Å². The lowest BCUT2D eigenvalue weighted by Crippen LogP contribution is -2.33. The summed E-state index contributed by atoms with van der Waals surface area (Å²) in [4.78, 5) is 13.6. The van der Waals surface area contributed by atoms with Gasteiger partial charge in [0.15, 0.2) is 5.60 Å². The van der Waals surface area contributed by atoms with Gasteiger partial charge in [-0.05, 0) is 64.1 Å². The molecule has 2 aliphatic heterocycles. The highest BCUT2D eigenvalue weighted by atomic mass is 16.6. The highest BCUT2D eigenvalue weighted by Gasteiger charge is 2.56. The lowest BCUT2D eigenvalue weighted by atomic mass is 9.77. The van der Waals surface area contributed by atoms with E-state index < -0.39 is 5.60 Å². The van der Waals surface area contributed by atoms with E-state index in [1.165, 1.54) is 0 Å². The van der Waals surface area contributed by atoms with Crippen molar-refractivity contribution in [3.8, 4) is 23.0 Å². The minimum atomic E-state index is -1.14. The van der Waals surface area contributed by atoms with Gasteiger partial charge in [0.05, 0.1) is 13.2 Å². The van der Waals surface area contributed by atoms with Crippen LogP contribution in [0.1, 0.15) is 53.5 Å². The number of nitrogens with zero attached hydrogens (tertiary/aromatic N) is 1. The minimum absolute atomic E-state index is 0.336. The zero-order valence-corrected chi connectivity index (χ0v) is 20.3. The summed E-state index contributed by atoms with van der Waals surface area (Å²) in [5.74, 6) is 2.26. The maximum Gasteiger partial charge on any atom is 0.357 e. The molecule has 3 aromatic carbocycles. The van der Waals surface area contributed by atoms with Crippen LogP contribution in [0, 0.1) is 6.92 Å². The van der Waals surface area contributed by atoms with Crippen molar-refractivity contribution in [3.05, 3.63) is 82.5 Å². The Balaban J connectivity index is 1.72. The molecule has 0 aliphatic carbocycles. The molecule has 0 radical (unpaired) electrons. The van der Waals surface area contributed by atoms with E-state index in [4.69, 9.17) is 18.9 Å². The highest BCUT2D eigenvalue weighted by molar-refractivity contribution is 6.05. The van der Waals surface area contributed by atoms with Crippen molar-refractivity contribution in [3.63, 3.8) is 0 Å². The van der Waals surface area contributed by atoms with Crippen LogP contribution in [0.25, 0.3) is 10.9 Å². The van der Waals surface area contributed by atoms with Crippen LogP contribution in [0.4, 0.5) is 0 Å². The average molecular weight is 470 g/mol. The molecule has 0 saturated heterocycles. The van der Waals surface area contributed by atoms with Gasteiger partial charge in [-0.1, -0.05) is 11.6 Å². The van der Waals surface area contributed by atoms with Crippen LogP contribution < -0.4 is 14.2 Å². The van der Waals surface area contributed by atoms with Gasteiger partial charge in [0.2, 0.25) is 0 Å². The van der Waals surface area contributed by atoms with E-state index in [1.807, 2.05) is 57.2 Å². The quantitative estimate of drug-likeness (QED) is 0.320. The van der Waals surface area contributed by atoms with Crippen LogP contribution in [-0.4, -0.2) is 23.8 Å². The lowest BCUT2D eigenvalue weighted by Gasteiger charge is -2.36. The molecule has 6 rings (SSSR count). The summed E-state index contributed by atoms with van der Waals surface area (Å²) in [6.45, 7) is 9.73. The fourth-order valence-electron chi connectivity index (χ4n) is 5.52. The van der Waals surface area contributed by atoms with Crippen molar-refractivity contribution in [1.82, 2.24) is 4.57 Å². The van der Waals surface area contributed by atoms with Crippen molar-refractivity contribution in [1.29, 1.82) is 0 Å². The van der Waals surface area contributed by atoms with E-state index in [9.17, 15) is 4.79 Å². The van der Waals surface area contributed by atoms with E-state index in [-0.39, 0.29) is 5.97 Å². The third kappa shape index (κ3) is 2.92. The zero-order valence-electron chi connectivity index (χ0n) is 20.3. The van der Waals surface area contributed by atoms with Crippen LogP contribution in [-0.2, 0) is 16.9 Å². The summed E-state index contributed by atoms with van der Waals surface area (Å²) in [5, 5.41) is 1.01. The summed E-state index contributed by atoms with van der Waals surface area (Å²) in [6, 6.07) is 17.8. The smallest absolute Gasteiger partial charge is 0.357 e. The normalized spacial score (nSPS) is 14.8. The first-order valence-corrected chi connectivity index (χ1v) is 12.1. The molecule has 1 aromatic heterocycles. The summed E-state index contributed by atoms with van der Waals surface area (Å²) < 4.78 is 26.4. The summed E-state index contributed by atoms with van der Waals surface area (Å²) in [6.07, 6.45) is 0. The Kier molecular flexibility index (Phi) is 4.81. The number of ether oxygens (including phenoxy) is 4. The Hall–Kier alpha value is -3.93. The average Bonchev–Trinajstić information content (AvgIpc) is 3.32. The minimum Gasteiger partial charge on any atom is -0.494 e. The molecule has 0 fully saturated rings. The van der Waals surface area contributed by atoms with Crippen molar-refractivity contribution < 1.29 is 23.7 Å². The molecule has 0 unspecified atom stereocenters. The number of esters is 1. The molecule has 0 atom stereocenters. The first-order valence-electron chi connectivity index (χ1n) is 12.1. The molecule has 0 bridgehead atoms. The van der Waals surface area contributed by atoms with Gasteiger partial charge in [0, 0.05) is 46.3 Å². The predicted octanol–water partition coefficient (Wildman–Crippen LogP) is 6.34. The summed E-state index contributed by atoms with van der Waals surface area (Å²) in [5.41, 5.74) is 4.01. The molecule has 3 heterocycles. The third-order valence-corrected chi connectivity index (χ3v) is 6.83. The molecule has 35 heavy (non-hydrogen) atoms. The fourth-order valence-corrected chi connectivity index (χ4v) is 5.52. The zero-order chi connectivity index (χ0) is 24.3. The summed E-state index contributed by atoms with van der Waals surface area (Å²) in [7, 11) is 0. The molecule has 4 aromatic rings. The Morgan fingerprint density at radius 1 is 0.857 bits per heavy atom. The van der Waals surface area contributed by atoms with Crippen molar-refractivity contribution in [2.24, 2.45) is 0 Å². The number of carbonyl (C=O) groups excluding carboxylic acids is 1. The Morgan fingerprint density at radius 3 is 2.06 bits per heavy atom. The van der Waals surface area contributed by atoms with E-state index in [0.29, 0.717) is 48.5 Å². The van der Waals surface area contributed by atoms with Crippen LogP contribution >= 0.6 is 0 Å². The van der Waals surface area contributed by atoms with Crippen LogP contribution in [0.2, 0.25) is 0 Å². The Bertz CT molecular complexity index is 1440. The van der Waals surface area contributed by atoms with E-state index in [2.05, 4.69) is 29.7 Å². The lowest BCUT2D eigenvalue weighted by molar-refractivity contribution is 0.0220. The second-order valence-corrected chi connectivity index (χ2v) is 8.84. The number of hydrogen-bond donors (Lipinski definition) is 0. The van der Waals surface area contributed by atoms with E-state index >= 15 is 0 Å². The number of carbonyl (C=O) groups is 1. The van der Waals surface area contributed by atoms with E-state index in [1.54, 1.807) is 0 Å². The monoisotopic (exact) mass is 469 g/mol. The molecular formula is C29H27NO5. The van der Waals surface area contributed by atoms with Crippen molar-refractivity contribution in [2.75, 3.05) is 13.2 Å². The molecule has 6 heteroatoms. The molecular weight excluding hydrogens is 442 g/mol.